The van der Waals surface area contributed by atoms with Gasteiger partial charge < -0.3 is 14.9 Å². The van der Waals surface area contributed by atoms with Gasteiger partial charge in [-0.3, -0.25) is 4.90 Å². The number of aliphatic hydroxyl groups excluding tert-OH is 1. The lowest BCUT2D eigenvalue weighted by Gasteiger charge is -2.31. The molecule has 0 bridgehead atoms. The number of carbonyl (C=O) groups is 1. The normalized spacial score (nSPS) is 23.6. The second kappa shape index (κ2) is 10.3. The molecule has 5 heteroatoms. The third-order valence-corrected chi connectivity index (χ3v) is 6.71. The highest BCUT2D eigenvalue weighted by atomic mass is 16.5. The Morgan fingerprint density at radius 1 is 1.12 bits per heavy atom. The predicted octanol–water partition coefficient (Wildman–Crippen LogP) is 5.54. The summed E-state index contributed by atoms with van der Waals surface area (Å²) in [7, 11) is 0. The molecular formula is C28H33NO4. The number of allylic oxidation sites excluding steroid dienone is 8. The quantitative estimate of drug-likeness (QED) is 0.537. The minimum atomic E-state index is -0.927. The number of nitrogens with zero attached hydrogens (tertiary/aromatic N) is 1. The van der Waals surface area contributed by atoms with Crippen molar-refractivity contribution in [2.24, 2.45) is 11.8 Å². The largest absolute Gasteiger partial charge is 0.508 e. The topological polar surface area (TPSA) is 70.0 Å². The van der Waals surface area contributed by atoms with Gasteiger partial charge in [0.1, 0.15) is 18.1 Å². The second-order valence-electron chi connectivity index (χ2n) is 9.17. The van der Waals surface area contributed by atoms with E-state index in [0.717, 1.165) is 47.7 Å². The van der Waals surface area contributed by atoms with E-state index in [1.54, 1.807) is 19.1 Å². The molecular weight excluding hydrogens is 414 g/mol. The molecule has 0 aromatic heterocycles. The Kier molecular flexibility index (Phi) is 7.19. The molecule has 0 saturated carbocycles. The molecule has 2 atom stereocenters. The molecule has 5 nitrogen and oxygen atoms in total. The highest BCUT2D eigenvalue weighted by Gasteiger charge is 2.29. The maximum absolute atomic E-state index is 11.5. The molecule has 1 fully saturated rings. The maximum atomic E-state index is 11.5. The van der Waals surface area contributed by atoms with E-state index in [2.05, 4.69) is 17.9 Å². The zero-order valence-corrected chi connectivity index (χ0v) is 19.5. The first-order valence-electron chi connectivity index (χ1n) is 11.8. The summed E-state index contributed by atoms with van der Waals surface area (Å²) in [4.78, 5) is 14.0. The first kappa shape index (κ1) is 23.1. The van der Waals surface area contributed by atoms with E-state index in [-0.39, 0.29) is 17.6 Å². The Bertz CT molecular complexity index is 1040. The predicted molar refractivity (Wildman–Crippen MR) is 131 cm³/mol. The highest BCUT2D eigenvalue weighted by molar-refractivity contribution is 5.92. The minimum absolute atomic E-state index is 0.0488. The number of hydrogen-bond donors (Lipinski definition) is 2. The van der Waals surface area contributed by atoms with Gasteiger partial charge in [0.15, 0.2) is 0 Å². The van der Waals surface area contributed by atoms with Crippen LogP contribution in [0, 0.1) is 11.8 Å². The molecule has 0 amide bonds. The molecule has 1 aromatic rings. The van der Waals surface area contributed by atoms with Crippen LogP contribution in [-0.2, 0) is 4.79 Å². The zero-order valence-electron chi connectivity index (χ0n) is 19.5. The molecule has 4 rings (SSSR count). The lowest BCUT2D eigenvalue weighted by atomic mass is 9.73. The van der Waals surface area contributed by atoms with E-state index < -0.39 is 5.97 Å². The van der Waals surface area contributed by atoms with Crippen molar-refractivity contribution in [1.29, 1.82) is 0 Å². The Morgan fingerprint density at radius 3 is 2.55 bits per heavy atom. The molecule has 1 aromatic carbocycles. The molecule has 3 aliphatic rings. The van der Waals surface area contributed by atoms with Gasteiger partial charge in [-0.15, -0.1) is 0 Å². The minimum Gasteiger partial charge on any atom is -0.508 e. The van der Waals surface area contributed by atoms with Gasteiger partial charge in [0, 0.05) is 18.0 Å². The number of rotatable bonds is 7. The standard InChI is InChI=1S/C28H33NO4/c1-19-16-22(17-20(2)28(31)32)27(25-11-8-23(30)18-26(19)25)21-6-9-24(10-7-21)33-15-14-29-12-4-3-5-13-29/h6-11,16-19,26,30H,3-5,12-15H2,1-2H3,(H,31,32)/b20-17+. The van der Waals surface area contributed by atoms with Crippen molar-refractivity contribution >= 4 is 11.5 Å². The van der Waals surface area contributed by atoms with E-state index in [0.29, 0.717) is 12.2 Å². The summed E-state index contributed by atoms with van der Waals surface area (Å²) in [5.41, 5.74) is 4.28. The summed E-state index contributed by atoms with van der Waals surface area (Å²) in [5, 5.41) is 19.5. The first-order valence-corrected chi connectivity index (χ1v) is 11.8. The van der Waals surface area contributed by atoms with Gasteiger partial charge in [0.2, 0.25) is 0 Å². The maximum Gasteiger partial charge on any atom is 0.331 e. The smallest absolute Gasteiger partial charge is 0.331 e. The van der Waals surface area contributed by atoms with Gasteiger partial charge in [-0.25, -0.2) is 4.79 Å². The van der Waals surface area contributed by atoms with Crippen LogP contribution in [-0.4, -0.2) is 47.3 Å². The van der Waals surface area contributed by atoms with Crippen LogP contribution in [0.2, 0.25) is 0 Å². The molecule has 2 N–H and O–H groups in total. The molecule has 33 heavy (non-hydrogen) atoms. The number of aliphatic carboxylic acids is 1. The van der Waals surface area contributed by atoms with Crippen LogP contribution in [0.5, 0.6) is 5.75 Å². The zero-order chi connectivity index (χ0) is 23.4. The van der Waals surface area contributed by atoms with Crippen LogP contribution < -0.4 is 4.74 Å². The van der Waals surface area contributed by atoms with Crippen molar-refractivity contribution in [2.45, 2.75) is 33.1 Å². The summed E-state index contributed by atoms with van der Waals surface area (Å²) >= 11 is 0. The first-order chi connectivity index (χ1) is 15.9. The van der Waals surface area contributed by atoms with Crippen LogP contribution in [0.25, 0.3) is 5.57 Å². The number of likely N-dealkylation sites (tertiary alicyclic amines) is 1. The monoisotopic (exact) mass is 447 g/mol. The van der Waals surface area contributed by atoms with Gasteiger partial charge in [0.25, 0.3) is 0 Å². The van der Waals surface area contributed by atoms with Crippen molar-refractivity contribution in [1.82, 2.24) is 4.90 Å². The highest BCUT2D eigenvalue weighted by Crippen LogP contribution is 2.43. The molecule has 0 spiro atoms. The molecule has 1 aliphatic heterocycles. The van der Waals surface area contributed by atoms with Gasteiger partial charge in [-0.05, 0) is 91.4 Å². The van der Waals surface area contributed by atoms with E-state index in [1.807, 2.05) is 36.4 Å². The van der Waals surface area contributed by atoms with Crippen LogP contribution >= 0.6 is 0 Å². The van der Waals surface area contributed by atoms with Crippen molar-refractivity contribution in [3.05, 3.63) is 82.7 Å². The van der Waals surface area contributed by atoms with Crippen molar-refractivity contribution in [2.75, 3.05) is 26.2 Å². The Labute approximate surface area is 196 Å². The van der Waals surface area contributed by atoms with E-state index in [4.69, 9.17) is 4.74 Å². The van der Waals surface area contributed by atoms with Gasteiger partial charge in [-0.1, -0.05) is 37.6 Å². The van der Waals surface area contributed by atoms with Crippen LogP contribution in [0.3, 0.4) is 0 Å². The fraction of sp³-hybridized carbons (Fsp3) is 0.393. The van der Waals surface area contributed by atoms with Crippen LogP contribution in [0.15, 0.2) is 77.1 Å². The van der Waals surface area contributed by atoms with Gasteiger partial charge >= 0.3 is 5.97 Å². The number of benzene rings is 1. The second-order valence-corrected chi connectivity index (χ2v) is 9.17. The van der Waals surface area contributed by atoms with Gasteiger partial charge in [-0.2, -0.15) is 0 Å². The number of piperidine rings is 1. The summed E-state index contributed by atoms with van der Waals surface area (Å²) in [5.74, 6) is 0.362. The van der Waals surface area contributed by atoms with Crippen molar-refractivity contribution < 1.29 is 19.7 Å². The lowest BCUT2D eigenvalue weighted by molar-refractivity contribution is -0.132. The molecule has 1 saturated heterocycles. The number of aliphatic hydroxyl groups is 1. The molecule has 2 unspecified atom stereocenters. The molecule has 174 valence electrons. The summed E-state index contributed by atoms with van der Waals surface area (Å²) in [6, 6.07) is 8.04. The summed E-state index contributed by atoms with van der Waals surface area (Å²) < 4.78 is 5.99. The summed E-state index contributed by atoms with van der Waals surface area (Å²) in [6.45, 7) is 7.65. The van der Waals surface area contributed by atoms with Crippen molar-refractivity contribution in [3.8, 4) is 5.75 Å². The number of carboxylic acid groups (broad SMARTS) is 1. The average molecular weight is 448 g/mol. The number of hydrogen-bond acceptors (Lipinski definition) is 4. The molecule has 2 aliphatic carbocycles. The van der Waals surface area contributed by atoms with E-state index >= 15 is 0 Å². The molecule has 1 heterocycles. The van der Waals surface area contributed by atoms with E-state index in [9.17, 15) is 15.0 Å². The molecule has 0 radical (unpaired) electrons. The fourth-order valence-corrected chi connectivity index (χ4v) is 4.88. The number of ether oxygens (including phenoxy) is 1. The van der Waals surface area contributed by atoms with Crippen molar-refractivity contribution in [3.63, 3.8) is 0 Å². The SMILES string of the molecule is C/C(=C\C1=CC(C)C2C=C(O)C=CC2=C1c1ccc(OCCN2CCCCC2)cc1)C(=O)O. The Hall–Kier alpha value is -3.05. The fourth-order valence-electron chi connectivity index (χ4n) is 4.88. The van der Waals surface area contributed by atoms with Gasteiger partial charge in [0.05, 0.1) is 0 Å². The van der Waals surface area contributed by atoms with E-state index in [1.165, 1.54) is 19.3 Å². The summed E-state index contributed by atoms with van der Waals surface area (Å²) in [6.07, 6.45) is 13.3. The third-order valence-electron chi connectivity index (χ3n) is 6.71. The third kappa shape index (κ3) is 5.48. The number of fused-ring (bicyclic) bond motifs is 1. The Balaban J connectivity index is 1.57. The lowest BCUT2D eigenvalue weighted by Crippen LogP contribution is -2.33. The number of carboxylic acids is 1. The van der Waals surface area contributed by atoms with Crippen LogP contribution in [0.4, 0.5) is 0 Å². The average Bonchev–Trinajstić information content (AvgIpc) is 2.81. The Morgan fingerprint density at radius 2 is 1.85 bits per heavy atom. The van der Waals surface area contributed by atoms with Crippen LogP contribution in [0.1, 0.15) is 38.7 Å².